The molecule has 0 radical (unpaired) electrons. The van der Waals surface area contributed by atoms with Crippen molar-refractivity contribution in [2.45, 2.75) is 112 Å². The summed E-state index contributed by atoms with van der Waals surface area (Å²) in [7, 11) is 0. The lowest BCUT2D eigenvalue weighted by Crippen LogP contribution is -2.19. The van der Waals surface area contributed by atoms with Gasteiger partial charge in [0.2, 0.25) is 0 Å². The highest BCUT2D eigenvalue weighted by atomic mass is 16.1. The molecule has 0 amide bonds. The Labute approximate surface area is 139 Å². The van der Waals surface area contributed by atoms with Gasteiger partial charge in [0.1, 0.15) is 6.29 Å². The number of aldehydes is 1. The lowest BCUT2D eigenvalue weighted by atomic mass is 9.78. The van der Waals surface area contributed by atoms with Crippen molar-refractivity contribution in [3.63, 3.8) is 0 Å². The average molecular weight is 309 g/mol. The van der Waals surface area contributed by atoms with Crippen LogP contribution in [0.5, 0.6) is 0 Å². The molecule has 1 rings (SSSR count). The highest BCUT2D eigenvalue weighted by Gasteiger charge is 2.25. The molecule has 1 aliphatic carbocycles. The second kappa shape index (κ2) is 8.50. The molecular weight excluding hydrogens is 268 g/mol. The van der Waals surface area contributed by atoms with Crippen LogP contribution in [0.25, 0.3) is 0 Å². The van der Waals surface area contributed by atoms with E-state index in [2.05, 4.69) is 34.6 Å². The third kappa shape index (κ3) is 7.79. The Morgan fingerprint density at radius 3 is 1.09 bits per heavy atom. The molecule has 0 N–H and O–H groups in total. The minimum Gasteiger partial charge on any atom is -0.303 e. The first kappa shape index (κ1) is 19.7. The Hall–Kier alpha value is -0.330. The lowest BCUT2D eigenvalue weighted by molar-refractivity contribution is -0.116. The zero-order valence-electron chi connectivity index (χ0n) is 16.0. The molecule has 0 unspecified atom stereocenters. The summed E-state index contributed by atoms with van der Waals surface area (Å²) in [6, 6.07) is 0. The number of carbonyl (C=O) groups is 1. The first-order chi connectivity index (χ1) is 10.2. The Bertz CT molecular complexity index is 301. The molecule has 0 aliphatic heterocycles. The van der Waals surface area contributed by atoms with Gasteiger partial charge >= 0.3 is 0 Å². The van der Waals surface area contributed by atoms with Crippen molar-refractivity contribution in [2.24, 2.45) is 16.2 Å². The Morgan fingerprint density at radius 1 is 0.545 bits per heavy atom. The van der Waals surface area contributed by atoms with Gasteiger partial charge in [-0.1, -0.05) is 73.1 Å². The van der Waals surface area contributed by atoms with Crippen molar-refractivity contribution < 1.29 is 4.79 Å². The number of carbonyl (C=O) groups excluding carboxylic acids is 1. The highest BCUT2D eigenvalue weighted by molar-refractivity contribution is 5.58. The summed E-state index contributed by atoms with van der Waals surface area (Å²) in [4.78, 5) is 11.5. The van der Waals surface area contributed by atoms with Gasteiger partial charge in [0, 0.05) is 5.41 Å². The summed E-state index contributed by atoms with van der Waals surface area (Å²) in [6.07, 6.45) is 16.5. The molecule has 1 heteroatoms. The zero-order valence-corrected chi connectivity index (χ0v) is 16.0. The minimum atomic E-state index is -0.0749. The second-order valence-corrected chi connectivity index (χ2v) is 9.72. The molecule has 1 fully saturated rings. The Morgan fingerprint density at radius 2 is 0.818 bits per heavy atom. The maximum atomic E-state index is 11.5. The molecule has 0 saturated heterocycles. The fourth-order valence-corrected chi connectivity index (χ4v) is 3.96. The van der Waals surface area contributed by atoms with Gasteiger partial charge in [0.15, 0.2) is 0 Å². The Kier molecular flexibility index (Phi) is 7.62. The van der Waals surface area contributed by atoms with Gasteiger partial charge in [0.05, 0.1) is 0 Å². The maximum absolute atomic E-state index is 11.5. The van der Waals surface area contributed by atoms with Gasteiger partial charge in [-0.15, -0.1) is 0 Å². The quantitative estimate of drug-likeness (QED) is 0.479. The zero-order chi connectivity index (χ0) is 16.7. The third-order valence-electron chi connectivity index (χ3n) is 5.94. The number of hydrogen-bond acceptors (Lipinski definition) is 1. The van der Waals surface area contributed by atoms with Gasteiger partial charge in [-0.3, -0.25) is 0 Å². The minimum absolute atomic E-state index is 0.0749. The summed E-state index contributed by atoms with van der Waals surface area (Å²) in [6.45, 7) is 11.9. The van der Waals surface area contributed by atoms with Gasteiger partial charge in [-0.2, -0.15) is 0 Å². The van der Waals surface area contributed by atoms with Crippen LogP contribution in [-0.2, 0) is 4.79 Å². The fraction of sp³-hybridized carbons (Fsp3) is 0.952. The van der Waals surface area contributed by atoms with Crippen molar-refractivity contribution in [3.8, 4) is 0 Å². The first-order valence-corrected chi connectivity index (χ1v) is 9.65. The summed E-state index contributed by atoms with van der Waals surface area (Å²) in [5.41, 5.74) is 0.873. The molecule has 0 aromatic carbocycles. The van der Waals surface area contributed by atoms with Crippen LogP contribution in [0.4, 0.5) is 0 Å². The van der Waals surface area contributed by atoms with Crippen LogP contribution in [0.3, 0.4) is 0 Å². The standard InChI is InChI=1S/C21H40O/c1-19(2)12-6-7-13-20(3,4)15-9-11-17-21(5,18-22)16-10-8-14-19/h18H,6-17H2,1-5H3. The van der Waals surface area contributed by atoms with Gasteiger partial charge in [0.25, 0.3) is 0 Å². The predicted molar refractivity (Wildman–Crippen MR) is 97.1 cm³/mol. The monoisotopic (exact) mass is 308 g/mol. The summed E-state index contributed by atoms with van der Waals surface area (Å²) in [5.74, 6) is 0. The molecule has 130 valence electrons. The predicted octanol–water partition coefficient (Wildman–Crippen LogP) is 6.94. The van der Waals surface area contributed by atoms with Gasteiger partial charge in [-0.25, -0.2) is 0 Å². The van der Waals surface area contributed by atoms with E-state index in [1.807, 2.05) is 0 Å². The van der Waals surface area contributed by atoms with E-state index in [0.29, 0.717) is 10.8 Å². The first-order valence-electron chi connectivity index (χ1n) is 9.65. The smallest absolute Gasteiger partial charge is 0.125 e. The largest absolute Gasteiger partial charge is 0.303 e. The fourth-order valence-electron chi connectivity index (χ4n) is 3.96. The van der Waals surface area contributed by atoms with E-state index in [1.54, 1.807) is 0 Å². The Balaban J connectivity index is 2.63. The van der Waals surface area contributed by atoms with Crippen LogP contribution in [0, 0.1) is 16.2 Å². The van der Waals surface area contributed by atoms with Crippen LogP contribution < -0.4 is 0 Å². The normalized spacial score (nSPS) is 27.3. The van der Waals surface area contributed by atoms with Crippen LogP contribution in [0.2, 0.25) is 0 Å². The number of hydrogen-bond donors (Lipinski definition) is 0. The van der Waals surface area contributed by atoms with Crippen molar-refractivity contribution in [1.29, 1.82) is 0 Å². The molecule has 0 aromatic heterocycles. The number of rotatable bonds is 1. The van der Waals surface area contributed by atoms with E-state index < -0.39 is 0 Å². The molecule has 1 nitrogen and oxygen atoms in total. The van der Waals surface area contributed by atoms with Crippen LogP contribution >= 0.6 is 0 Å². The average Bonchev–Trinajstić information content (AvgIpc) is 2.44. The van der Waals surface area contributed by atoms with E-state index in [-0.39, 0.29) is 5.41 Å². The van der Waals surface area contributed by atoms with Crippen LogP contribution in [0.1, 0.15) is 112 Å². The van der Waals surface area contributed by atoms with Crippen molar-refractivity contribution >= 4 is 6.29 Å². The summed E-state index contributed by atoms with van der Waals surface area (Å²) < 4.78 is 0. The van der Waals surface area contributed by atoms with E-state index in [0.717, 1.165) is 12.8 Å². The van der Waals surface area contributed by atoms with Crippen molar-refractivity contribution in [1.82, 2.24) is 0 Å². The van der Waals surface area contributed by atoms with E-state index in [1.165, 1.54) is 70.5 Å². The SMILES string of the molecule is CC1(C)CCCCC(C)(C)CCCCC(C)(C=O)CCCC1. The second-order valence-electron chi connectivity index (χ2n) is 9.72. The maximum Gasteiger partial charge on any atom is 0.125 e. The highest BCUT2D eigenvalue weighted by Crippen LogP contribution is 2.37. The van der Waals surface area contributed by atoms with E-state index in [9.17, 15) is 4.79 Å². The van der Waals surface area contributed by atoms with Crippen LogP contribution in [0.15, 0.2) is 0 Å². The molecule has 0 heterocycles. The molecule has 1 aliphatic rings. The van der Waals surface area contributed by atoms with Crippen molar-refractivity contribution in [2.75, 3.05) is 0 Å². The molecule has 22 heavy (non-hydrogen) atoms. The summed E-state index contributed by atoms with van der Waals surface area (Å²) >= 11 is 0. The molecular formula is C21H40O. The van der Waals surface area contributed by atoms with E-state index in [4.69, 9.17) is 0 Å². The molecule has 0 spiro atoms. The van der Waals surface area contributed by atoms with Gasteiger partial charge < -0.3 is 4.79 Å². The van der Waals surface area contributed by atoms with Crippen LogP contribution in [-0.4, -0.2) is 6.29 Å². The lowest BCUT2D eigenvalue weighted by Gasteiger charge is -2.27. The molecule has 0 bridgehead atoms. The topological polar surface area (TPSA) is 17.1 Å². The third-order valence-corrected chi connectivity index (χ3v) is 5.94. The molecule has 0 aromatic rings. The molecule has 1 saturated carbocycles. The van der Waals surface area contributed by atoms with Crippen molar-refractivity contribution in [3.05, 3.63) is 0 Å². The van der Waals surface area contributed by atoms with E-state index >= 15 is 0 Å². The summed E-state index contributed by atoms with van der Waals surface area (Å²) in [5, 5.41) is 0. The van der Waals surface area contributed by atoms with Gasteiger partial charge in [-0.05, 0) is 49.4 Å². The molecule has 0 atom stereocenters.